The molecule has 1 saturated heterocycles. The lowest BCUT2D eigenvalue weighted by atomic mass is 10.1. The molecule has 2 fully saturated rings. The Hall–Kier alpha value is -2.18. The van der Waals surface area contributed by atoms with E-state index in [9.17, 15) is 4.79 Å². The standard InChI is InChI=1S/C22H31N5O/c1-18-6-2-3-7-19(18)16-25-12-14-26(15-13-25)17-22(28)24-21-10-11-23-27(21)20-8-4-5-9-20/h2-3,6-7,10-11,20H,4-5,8-9,12-17H2,1H3,(H,24,28). The van der Waals surface area contributed by atoms with Crippen molar-refractivity contribution in [1.82, 2.24) is 19.6 Å². The lowest BCUT2D eigenvalue weighted by Gasteiger charge is -2.34. The van der Waals surface area contributed by atoms with E-state index in [1.807, 2.05) is 10.7 Å². The summed E-state index contributed by atoms with van der Waals surface area (Å²) >= 11 is 0. The molecule has 1 aromatic carbocycles. The molecule has 2 heterocycles. The summed E-state index contributed by atoms with van der Waals surface area (Å²) in [7, 11) is 0. The van der Waals surface area contributed by atoms with Gasteiger partial charge < -0.3 is 5.32 Å². The second-order valence-corrected chi connectivity index (χ2v) is 8.13. The summed E-state index contributed by atoms with van der Waals surface area (Å²) in [6, 6.07) is 10.9. The van der Waals surface area contributed by atoms with Crippen LogP contribution in [0.5, 0.6) is 0 Å². The number of carbonyl (C=O) groups excluding carboxylic acids is 1. The van der Waals surface area contributed by atoms with E-state index in [0.29, 0.717) is 12.6 Å². The van der Waals surface area contributed by atoms with Crippen molar-refractivity contribution in [1.29, 1.82) is 0 Å². The lowest BCUT2D eigenvalue weighted by Crippen LogP contribution is -2.48. The number of hydrogen-bond acceptors (Lipinski definition) is 4. The number of piperazine rings is 1. The molecule has 1 aromatic heterocycles. The minimum Gasteiger partial charge on any atom is -0.310 e. The van der Waals surface area contributed by atoms with Crippen LogP contribution in [0, 0.1) is 6.92 Å². The fourth-order valence-corrected chi connectivity index (χ4v) is 4.37. The molecule has 1 aliphatic heterocycles. The zero-order chi connectivity index (χ0) is 19.3. The molecule has 1 amide bonds. The monoisotopic (exact) mass is 381 g/mol. The van der Waals surface area contributed by atoms with Crippen LogP contribution in [-0.2, 0) is 11.3 Å². The Bertz CT molecular complexity index is 788. The number of hydrogen-bond donors (Lipinski definition) is 1. The van der Waals surface area contributed by atoms with Crippen LogP contribution < -0.4 is 5.32 Å². The summed E-state index contributed by atoms with van der Waals surface area (Å²) in [5.74, 6) is 0.905. The highest BCUT2D eigenvalue weighted by Crippen LogP contribution is 2.31. The van der Waals surface area contributed by atoms with Crippen LogP contribution in [0.3, 0.4) is 0 Å². The Morgan fingerprint density at radius 1 is 1.07 bits per heavy atom. The zero-order valence-corrected chi connectivity index (χ0v) is 16.8. The Morgan fingerprint density at radius 3 is 2.54 bits per heavy atom. The first kappa shape index (κ1) is 19.2. The molecular weight excluding hydrogens is 350 g/mol. The first-order chi connectivity index (χ1) is 13.7. The van der Waals surface area contributed by atoms with Crippen LogP contribution in [0.1, 0.15) is 42.9 Å². The maximum atomic E-state index is 12.6. The Kier molecular flexibility index (Phi) is 6.07. The van der Waals surface area contributed by atoms with Crippen molar-refractivity contribution in [2.45, 2.75) is 45.2 Å². The molecule has 6 nitrogen and oxygen atoms in total. The van der Waals surface area contributed by atoms with E-state index in [2.05, 4.69) is 51.4 Å². The average molecular weight is 382 g/mol. The first-order valence-corrected chi connectivity index (χ1v) is 10.5. The fourth-order valence-electron chi connectivity index (χ4n) is 4.37. The summed E-state index contributed by atoms with van der Waals surface area (Å²) < 4.78 is 2.00. The molecule has 1 saturated carbocycles. The van der Waals surface area contributed by atoms with Crippen molar-refractivity contribution >= 4 is 11.7 Å². The van der Waals surface area contributed by atoms with Gasteiger partial charge in [-0.25, -0.2) is 4.68 Å². The number of carbonyl (C=O) groups is 1. The maximum Gasteiger partial charge on any atom is 0.239 e. The predicted molar refractivity (Wildman–Crippen MR) is 111 cm³/mol. The molecule has 1 N–H and O–H groups in total. The minimum absolute atomic E-state index is 0.0621. The average Bonchev–Trinajstić information content (AvgIpc) is 3.36. The Morgan fingerprint density at radius 2 is 1.79 bits per heavy atom. The van der Waals surface area contributed by atoms with Gasteiger partial charge in [-0.2, -0.15) is 5.10 Å². The lowest BCUT2D eigenvalue weighted by molar-refractivity contribution is -0.117. The van der Waals surface area contributed by atoms with E-state index in [4.69, 9.17) is 0 Å². The van der Waals surface area contributed by atoms with Crippen LogP contribution in [0.2, 0.25) is 0 Å². The van der Waals surface area contributed by atoms with Crippen LogP contribution in [0.25, 0.3) is 0 Å². The van der Waals surface area contributed by atoms with E-state index in [0.717, 1.165) is 51.4 Å². The number of rotatable bonds is 6. The fraction of sp³-hybridized carbons (Fsp3) is 0.545. The number of nitrogens with zero attached hydrogens (tertiary/aromatic N) is 4. The Balaban J connectivity index is 1.24. The summed E-state index contributed by atoms with van der Waals surface area (Å²) in [5.41, 5.74) is 2.75. The topological polar surface area (TPSA) is 53.4 Å². The van der Waals surface area contributed by atoms with E-state index in [1.165, 1.54) is 24.0 Å². The molecule has 28 heavy (non-hydrogen) atoms. The van der Waals surface area contributed by atoms with E-state index < -0.39 is 0 Å². The van der Waals surface area contributed by atoms with Gasteiger partial charge in [0.2, 0.25) is 5.91 Å². The highest BCUT2D eigenvalue weighted by molar-refractivity contribution is 5.91. The quantitative estimate of drug-likeness (QED) is 0.836. The summed E-state index contributed by atoms with van der Waals surface area (Å²) in [4.78, 5) is 17.3. The van der Waals surface area contributed by atoms with Crippen molar-refractivity contribution in [2.75, 3.05) is 38.0 Å². The second kappa shape index (κ2) is 8.88. The molecule has 2 aliphatic rings. The zero-order valence-electron chi connectivity index (χ0n) is 16.8. The number of anilines is 1. The summed E-state index contributed by atoms with van der Waals surface area (Å²) in [6.45, 7) is 7.49. The van der Waals surface area contributed by atoms with Crippen molar-refractivity contribution in [3.05, 3.63) is 47.7 Å². The normalized spacial score (nSPS) is 19.2. The molecule has 6 heteroatoms. The van der Waals surface area contributed by atoms with Crippen LogP contribution in [0.15, 0.2) is 36.5 Å². The third-order valence-electron chi connectivity index (χ3n) is 6.10. The van der Waals surface area contributed by atoms with E-state index in [1.54, 1.807) is 6.20 Å². The van der Waals surface area contributed by atoms with Gasteiger partial charge in [0, 0.05) is 38.8 Å². The van der Waals surface area contributed by atoms with Gasteiger partial charge in [-0.05, 0) is 30.9 Å². The first-order valence-electron chi connectivity index (χ1n) is 10.5. The number of nitrogens with one attached hydrogen (secondary N) is 1. The third kappa shape index (κ3) is 4.62. The number of amides is 1. The third-order valence-corrected chi connectivity index (χ3v) is 6.10. The van der Waals surface area contributed by atoms with Gasteiger partial charge in [0.05, 0.1) is 18.8 Å². The SMILES string of the molecule is Cc1ccccc1CN1CCN(CC(=O)Nc2ccnn2C2CCCC2)CC1. The number of aromatic nitrogens is 2. The molecule has 0 atom stereocenters. The maximum absolute atomic E-state index is 12.6. The van der Waals surface area contributed by atoms with Gasteiger partial charge >= 0.3 is 0 Å². The molecular formula is C22H31N5O. The highest BCUT2D eigenvalue weighted by atomic mass is 16.2. The van der Waals surface area contributed by atoms with Gasteiger partial charge in [-0.3, -0.25) is 14.6 Å². The van der Waals surface area contributed by atoms with Crippen LogP contribution >= 0.6 is 0 Å². The molecule has 2 aromatic rings. The molecule has 0 unspecified atom stereocenters. The van der Waals surface area contributed by atoms with Gasteiger partial charge in [-0.1, -0.05) is 37.1 Å². The minimum atomic E-state index is 0.0621. The van der Waals surface area contributed by atoms with Gasteiger partial charge in [0.15, 0.2) is 0 Å². The largest absolute Gasteiger partial charge is 0.310 e. The molecule has 0 radical (unpaired) electrons. The molecule has 0 spiro atoms. The van der Waals surface area contributed by atoms with Crippen LogP contribution in [0.4, 0.5) is 5.82 Å². The number of aryl methyl sites for hydroxylation is 1. The van der Waals surface area contributed by atoms with Crippen molar-refractivity contribution in [2.24, 2.45) is 0 Å². The van der Waals surface area contributed by atoms with Gasteiger partial charge in [0.25, 0.3) is 0 Å². The highest BCUT2D eigenvalue weighted by Gasteiger charge is 2.22. The molecule has 4 rings (SSSR count). The Labute approximate surface area is 167 Å². The molecule has 150 valence electrons. The predicted octanol–water partition coefficient (Wildman–Crippen LogP) is 3.06. The van der Waals surface area contributed by atoms with Gasteiger partial charge in [-0.15, -0.1) is 0 Å². The number of benzene rings is 1. The van der Waals surface area contributed by atoms with E-state index >= 15 is 0 Å². The summed E-state index contributed by atoms with van der Waals surface area (Å²) in [5, 5.41) is 7.52. The van der Waals surface area contributed by atoms with E-state index in [-0.39, 0.29) is 5.91 Å². The molecule has 1 aliphatic carbocycles. The van der Waals surface area contributed by atoms with Crippen molar-refractivity contribution in [3.63, 3.8) is 0 Å². The smallest absolute Gasteiger partial charge is 0.239 e. The molecule has 0 bridgehead atoms. The van der Waals surface area contributed by atoms with Crippen LogP contribution in [-0.4, -0.2) is 58.2 Å². The van der Waals surface area contributed by atoms with Gasteiger partial charge in [0.1, 0.15) is 5.82 Å². The second-order valence-electron chi connectivity index (χ2n) is 8.13. The van der Waals surface area contributed by atoms with Crippen molar-refractivity contribution < 1.29 is 4.79 Å². The van der Waals surface area contributed by atoms with Crippen molar-refractivity contribution in [3.8, 4) is 0 Å². The summed E-state index contributed by atoms with van der Waals surface area (Å²) in [6.07, 6.45) is 6.62.